The molecule has 0 unspecified atom stereocenters. The summed E-state index contributed by atoms with van der Waals surface area (Å²) in [6.45, 7) is 1.20. The molecule has 15 heteroatoms. The van der Waals surface area contributed by atoms with E-state index in [0.717, 1.165) is 6.07 Å². The first-order chi connectivity index (χ1) is 19.9. The zero-order valence-corrected chi connectivity index (χ0v) is 23.2. The van der Waals surface area contributed by atoms with Crippen molar-refractivity contribution < 1.29 is 32.5 Å². The highest BCUT2D eigenvalue weighted by Crippen LogP contribution is 2.41. The molecule has 0 atom stereocenters. The minimum Gasteiger partial charge on any atom is -0.480 e. The maximum Gasteiger partial charge on any atom is 0.416 e. The molecular formula is C27H17ClF3N5O5S. The Hall–Kier alpha value is -4.74. The van der Waals surface area contributed by atoms with Gasteiger partial charge in [-0.05, 0) is 31.2 Å². The van der Waals surface area contributed by atoms with Crippen molar-refractivity contribution in [2.45, 2.75) is 19.6 Å². The third-order valence-corrected chi connectivity index (χ3v) is 7.60. The van der Waals surface area contributed by atoms with Gasteiger partial charge in [-0.15, -0.1) is 11.3 Å². The van der Waals surface area contributed by atoms with E-state index in [1.807, 2.05) is 0 Å². The van der Waals surface area contributed by atoms with Gasteiger partial charge in [0.1, 0.15) is 23.5 Å². The van der Waals surface area contributed by atoms with Crippen molar-refractivity contribution in [2.24, 2.45) is 0 Å². The van der Waals surface area contributed by atoms with E-state index in [1.54, 1.807) is 18.2 Å². The van der Waals surface area contributed by atoms with E-state index < -0.39 is 28.8 Å². The molecule has 1 aromatic carbocycles. The number of aryl methyl sites for hydroxylation is 1. The van der Waals surface area contributed by atoms with Crippen LogP contribution in [0, 0.1) is 18.3 Å². The number of carbonyl (C=O) groups is 1. The van der Waals surface area contributed by atoms with Gasteiger partial charge in [0.05, 0.1) is 51.5 Å². The number of hydrogen-bond donors (Lipinski definition) is 1. The van der Waals surface area contributed by atoms with Crippen LogP contribution in [0.2, 0.25) is 5.02 Å². The minimum absolute atomic E-state index is 0.0321. The third kappa shape index (κ3) is 5.08. The lowest BCUT2D eigenvalue weighted by Gasteiger charge is -2.16. The van der Waals surface area contributed by atoms with Crippen LogP contribution >= 0.6 is 22.9 Å². The highest BCUT2D eigenvalue weighted by molar-refractivity contribution is 7.18. The Labute approximate surface area is 243 Å². The van der Waals surface area contributed by atoms with Crippen molar-refractivity contribution in [3.05, 3.63) is 73.7 Å². The lowest BCUT2D eigenvalue weighted by molar-refractivity contribution is -0.137. The van der Waals surface area contributed by atoms with Crippen molar-refractivity contribution in [1.82, 2.24) is 19.5 Å². The van der Waals surface area contributed by atoms with Crippen LogP contribution in [-0.4, -0.2) is 44.3 Å². The lowest BCUT2D eigenvalue weighted by Crippen LogP contribution is -2.27. The summed E-state index contributed by atoms with van der Waals surface area (Å²) >= 11 is 7.52. The van der Waals surface area contributed by atoms with E-state index in [0.29, 0.717) is 21.9 Å². The van der Waals surface area contributed by atoms with Crippen molar-refractivity contribution >= 4 is 50.0 Å². The van der Waals surface area contributed by atoms with Gasteiger partial charge in [-0.25, -0.2) is 9.78 Å². The standard InChI is InChI=1S/C27H17ClF3N5O5S/c1-12-34-19-8-14(27(29,30)31)7-13(10-32)20(19)25(37)36(12)5-6-41-23-16(9-18(28)24(35-23)40-2)15-3-4-33-21-17(26(38)39)11-42-22(15)21/h3-4,7-9,11H,5-6H2,1-2H3,(H,38,39). The fourth-order valence-electron chi connectivity index (χ4n) is 4.40. The molecule has 1 N–H and O–H groups in total. The number of aromatic nitrogens is 4. The number of halogens is 4. The zero-order valence-electron chi connectivity index (χ0n) is 21.6. The van der Waals surface area contributed by atoms with E-state index in [1.165, 1.54) is 41.5 Å². The third-order valence-electron chi connectivity index (χ3n) is 6.33. The molecule has 0 aliphatic heterocycles. The van der Waals surface area contributed by atoms with Crippen LogP contribution in [0.25, 0.3) is 32.2 Å². The molecule has 0 radical (unpaired) electrons. The number of nitriles is 1. The van der Waals surface area contributed by atoms with E-state index in [2.05, 4.69) is 15.0 Å². The summed E-state index contributed by atoms with van der Waals surface area (Å²) in [5.74, 6) is -0.914. The highest BCUT2D eigenvalue weighted by Gasteiger charge is 2.32. The second-order valence-electron chi connectivity index (χ2n) is 8.81. The smallest absolute Gasteiger partial charge is 0.416 e. The molecule has 5 aromatic rings. The van der Waals surface area contributed by atoms with Crippen LogP contribution in [0.15, 0.2) is 40.6 Å². The maximum absolute atomic E-state index is 13.3. The number of thiophene rings is 1. The molecule has 0 saturated heterocycles. The summed E-state index contributed by atoms with van der Waals surface area (Å²) in [5.41, 5.74) is -1.23. The largest absolute Gasteiger partial charge is 0.480 e. The average Bonchev–Trinajstić information content (AvgIpc) is 3.39. The number of hydrogen-bond acceptors (Lipinski definition) is 9. The van der Waals surface area contributed by atoms with Crippen molar-refractivity contribution in [1.29, 1.82) is 5.26 Å². The number of nitrogens with zero attached hydrogens (tertiary/aromatic N) is 5. The second-order valence-corrected chi connectivity index (χ2v) is 10.1. The minimum atomic E-state index is -4.72. The molecule has 0 bridgehead atoms. The monoisotopic (exact) mass is 615 g/mol. The van der Waals surface area contributed by atoms with Gasteiger partial charge in [0.2, 0.25) is 11.8 Å². The summed E-state index contributed by atoms with van der Waals surface area (Å²) in [6, 6.07) is 6.21. The van der Waals surface area contributed by atoms with E-state index in [-0.39, 0.29) is 57.7 Å². The normalized spacial score (nSPS) is 11.5. The quantitative estimate of drug-likeness (QED) is 0.244. The lowest BCUT2D eigenvalue weighted by atomic mass is 10.1. The summed E-state index contributed by atoms with van der Waals surface area (Å²) in [5, 5.41) is 20.4. The predicted octanol–water partition coefficient (Wildman–Crippen LogP) is 5.71. The van der Waals surface area contributed by atoms with Gasteiger partial charge in [-0.2, -0.15) is 23.4 Å². The van der Waals surface area contributed by atoms with Crippen molar-refractivity contribution in [2.75, 3.05) is 13.7 Å². The van der Waals surface area contributed by atoms with Gasteiger partial charge < -0.3 is 14.6 Å². The molecule has 42 heavy (non-hydrogen) atoms. The van der Waals surface area contributed by atoms with Crippen LogP contribution in [0.3, 0.4) is 0 Å². The molecule has 0 aliphatic carbocycles. The molecule has 0 saturated carbocycles. The Balaban J connectivity index is 1.53. The summed E-state index contributed by atoms with van der Waals surface area (Å²) in [6.07, 6.45) is -3.28. The first kappa shape index (κ1) is 28.8. The fourth-order valence-corrected chi connectivity index (χ4v) is 5.66. The highest BCUT2D eigenvalue weighted by atomic mass is 35.5. The number of carboxylic acids is 1. The van der Waals surface area contributed by atoms with Gasteiger partial charge in [0.25, 0.3) is 5.56 Å². The zero-order chi connectivity index (χ0) is 30.3. The number of pyridine rings is 2. The van der Waals surface area contributed by atoms with E-state index >= 15 is 0 Å². The summed E-state index contributed by atoms with van der Waals surface area (Å²) in [4.78, 5) is 37.6. The number of ether oxygens (including phenoxy) is 2. The molecule has 5 rings (SSSR count). The number of fused-ring (bicyclic) bond motifs is 2. The molecule has 10 nitrogen and oxygen atoms in total. The Morgan fingerprint density at radius 1 is 1.21 bits per heavy atom. The summed E-state index contributed by atoms with van der Waals surface area (Å²) < 4.78 is 52.8. The molecule has 214 valence electrons. The average molecular weight is 616 g/mol. The number of benzene rings is 1. The maximum atomic E-state index is 13.3. The van der Waals surface area contributed by atoms with Gasteiger partial charge in [0, 0.05) is 22.7 Å². The van der Waals surface area contributed by atoms with Gasteiger partial charge in [-0.3, -0.25) is 14.3 Å². The van der Waals surface area contributed by atoms with Crippen LogP contribution in [-0.2, 0) is 12.7 Å². The number of alkyl halides is 3. The molecule has 0 amide bonds. The molecule has 0 fully saturated rings. The Morgan fingerprint density at radius 2 is 1.98 bits per heavy atom. The number of methoxy groups -OCH3 is 1. The molecule has 0 aliphatic rings. The first-order valence-electron chi connectivity index (χ1n) is 11.9. The molecule has 4 aromatic heterocycles. The molecule has 4 heterocycles. The van der Waals surface area contributed by atoms with Gasteiger partial charge >= 0.3 is 12.1 Å². The first-order valence-corrected chi connectivity index (χ1v) is 13.2. The van der Waals surface area contributed by atoms with Gasteiger partial charge in [0.15, 0.2) is 0 Å². The topological polar surface area (TPSA) is 140 Å². The molecule has 0 spiro atoms. The number of aromatic carboxylic acids is 1. The summed E-state index contributed by atoms with van der Waals surface area (Å²) in [7, 11) is 1.36. The fraction of sp³-hybridized carbons (Fsp3) is 0.185. The number of rotatable bonds is 7. The van der Waals surface area contributed by atoms with Crippen LogP contribution in [0.1, 0.15) is 27.3 Å². The van der Waals surface area contributed by atoms with Crippen molar-refractivity contribution in [3.8, 4) is 29.0 Å². The van der Waals surface area contributed by atoms with E-state index in [4.69, 9.17) is 21.1 Å². The van der Waals surface area contributed by atoms with Crippen molar-refractivity contribution in [3.63, 3.8) is 0 Å². The Morgan fingerprint density at radius 3 is 2.64 bits per heavy atom. The Bertz CT molecular complexity index is 2000. The SMILES string of the molecule is COc1nc(OCCn2c(C)nc3cc(C(F)(F)F)cc(C#N)c3c2=O)c(-c2ccnc3c(C(=O)O)csc23)cc1Cl. The second kappa shape index (κ2) is 10.9. The van der Waals surface area contributed by atoms with Crippen LogP contribution < -0.4 is 15.0 Å². The predicted molar refractivity (Wildman–Crippen MR) is 147 cm³/mol. The Kier molecular flexibility index (Phi) is 7.48. The van der Waals surface area contributed by atoms with E-state index in [9.17, 15) is 33.1 Å². The van der Waals surface area contributed by atoms with Gasteiger partial charge in [-0.1, -0.05) is 11.6 Å². The number of carboxylic acid groups (broad SMARTS) is 1. The van der Waals surface area contributed by atoms with Crippen LogP contribution in [0.5, 0.6) is 11.8 Å². The van der Waals surface area contributed by atoms with Crippen LogP contribution in [0.4, 0.5) is 13.2 Å². The molecular weight excluding hydrogens is 599 g/mol.